The highest BCUT2D eigenvalue weighted by molar-refractivity contribution is 5.93. The second kappa shape index (κ2) is 11.5. The fourth-order valence-electron chi connectivity index (χ4n) is 3.44. The Morgan fingerprint density at radius 3 is 2.25 bits per heavy atom. The van der Waals surface area contributed by atoms with Gasteiger partial charge in [0, 0.05) is 27.2 Å². The minimum atomic E-state index is -0.968. The van der Waals surface area contributed by atoms with Gasteiger partial charge in [0.05, 0.1) is 6.42 Å². The van der Waals surface area contributed by atoms with Crippen LogP contribution in [0.3, 0.4) is 0 Å². The smallest absolute Gasteiger partial charge is 0.308 e. The molecule has 3 amide bonds. The summed E-state index contributed by atoms with van der Waals surface area (Å²) in [5, 5.41) is 0. The van der Waals surface area contributed by atoms with E-state index in [2.05, 4.69) is 6.58 Å². The molecule has 0 aromatic carbocycles. The van der Waals surface area contributed by atoms with Crippen molar-refractivity contribution in [1.82, 2.24) is 14.7 Å². The van der Waals surface area contributed by atoms with Crippen molar-refractivity contribution in [2.24, 2.45) is 5.92 Å². The molecule has 1 saturated heterocycles. The molecule has 0 aromatic rings. The monoisotopic (exact) mass is 395 g/mol. The quantitative estimate of drug-likeness (QED) is 0.314. The molecule has 1 heterocycles. The zero-order valence-electron chi connectivity index (χ0n) is 17.4. The summed E-state index contributed by atoms with van der Waals surface area (Å²) >= 11 is 0. The molecule has 1 fully saturated rings. The molecule has 0 saturated carbocycles. The molecule has 158 valence electrons. The first kappa shape index (κ1) is 23.7. The van der Waals surface area contributed by atoms with Gasteiger partial charge in [-0.3, -0.25) is 19.2 Å². The van der Waals surface area contributed by atoms with Gasteiger partial charge in [-0.15, -0.1) is 0 Å². The lowest BCUT2D eigenvalue weighted by Gasteiger charge is -2.37. The predicted octanol–water partition coefficient (Wildman–Crippen LogP) is 1.06. The van der Waals surface area contributed by atoms with Crippen molar-refractivity contribution in [3.8, 4) is 0 Å². The molecule has 8 nitrogen and oxygen atoms in total. The van der Waals surface area contributed by atoms with E-state index in [1.54, 1.807) is 4.90 Å². The number of esters is 1. The lowest BCUT2D eigenvalue weighted by molar-refractivity contribution is -0.155. The number of carbonyl (C=O) groups excluding carboxylic acids is 4. The van der Waals surface area contributed by atoms with Crippen LogP contribution in [0.5, 0.6) is 0 Å². The standard InChI is InChI=1S/C20H33N3O5/c1-6-12-28-17(25)13-16(19(26)23-10-8-7-9-11-23)22(5)20(27)18(15(2)3)21(4)14-24/h6,14-16,18H,1,7-13H2,2-5H3/t16-,18?/m0/s1. The predicted molar refractivity (Wildman–Crippen MR) is 105 cm³/mol. The number of rotatable bonds is 10. The average molecular weight is 396 g/mol. The zero-order chi connectivity index (χ0) is 21.3. The van der Waals surface area contributed by atoms with Crippen LogP contribution in [0.2, 0.25) is 0 Å². The lowest BCUT2D eigenvalue weighted by atomic mass is 10.00. The van der Waals surface area contributed by atoms with E-state index in [1.807, 2.05) is 13.8 Å². The van der Waals surface area contributed by atoms with Crippen LogP contribution in [-0.2, 0) is 23.9 Å². The van der Waals surface area contributed by atoms with Gasteiger partial charge in [-0.05, 0) is 25.2 Å². The Morgan fingerprint density at radius 1 is 1.14 bits per heavy atom. The van der Waals surface area contributed by atoms with E-state index in [4.69, 9.17) is 4.74 Å². The highest BCUT2D eigenvalue weighted by Gasteiger charge is 2.37. The molecule has 1 rings (SSSR count). The van der Waals surface area contributed by atoms with Gasteiger partial charge < -0.3 is 19.4 Å². The van der Waals surface area contributed by atoms with Gasteiger partial charge >= 0.3 is 5.97 Å². The molecule has 1 aliphatic heterocycles. The summed E-state index contributed by atoms with van der Waals surface area (Å²) in [4.78, 5) is 53.9. The Hall–Kier alpha value is -2.38. The summed E-state index contributed by atoms with van der Waals surface area (Å²) in [6.45, 7) is 8.43. The molecule has 0 aromatic heterocycles. The fraction of sp³-hybridized carbons (Fsp3) is 0.700. The Labute approximate surface area is 167 Å². The highest BCUT2D eigenvalue weighted by Crippen LogP contribution is 2.18. The fourth-order valence-corrected chi connectivity index (χ4v) is 3.44. The van der Waals surface area contributed by atoms with Crippen molar-refractivity contribution in [2.75, 3.05) is 33.8 Å². The molecule has 0 radical (unpaired) electrons. The van der Waals surface area contributed by atoms with Gasteiger partial charge in [0.1, 0.15) is 18.7 Å². The minimum absolute atomic E-state index is 0.0453. The third-order valence-corrected chi connectivity index (χ3v) is 4.98. The number of piperidine rings is 1. The molecule has 0 spiro atoms. The molecule has 0 aliphatic carbocycles. The summed E-state index contributed by atoms with van der Waals surface area (Å²) in [6, 6.07) is -1.69. The number of amides is 3. The van der Waals surface area contributed by atoms with E-state index in [-0.39, 0.29) is 30.8 Å². The number of likely N-dealkylation sites (N-methyl/N-ethyl adjacent to an activating group) is 2. The second-order valence-electron chi connectivity index (χ2n) is 7.49. The van der Waals surface area contributed by atoms with Crippen LogP contribution in [0.15, 0.2) is 12.7 Å². The number of hydrogen-bond acceptors (Lipinski definition) is 5. The number of carbonyl (C=O) groups is 4. The van der Waals surface area contributed by atoms with E-state index < -0.39 is 18.1 Å². The van der Waals surface area contributed by atoms with Gasteiger partial charge in [-0.25, -0.2) is 0 Å². The summed E-state index contributed by atoms with van der Waals surface area (Å²) in [5.41, 5.74) is 0. The van der Waals surface area contributed by atoms with Crippen LogP contribution in [0.1, 0.15) is 39.5 Å². The number of hydrogen-bond donors (Lipinski definition) is 0. The maximum Gasteiger partial charge on any atom is 0.308 e. The molecule has 1 unspecified atom stereocenters. The van der Waals surface area contributed by atoms with Crippen LogP contribution < -0.4 is 0 Å². The van der Waals surface area contributed by atoms with Crippen molar-refractivity contribution in [3.63, 3.8) is 0 Å². The van der Waals surface area contributed by atoms with Crippen molar-refractivity contribution in [1.29, 1.82) is 0 Å². The molecule has 2 atom stereocenters. The molecular weight excluding hydrogens is 362 g/mol. The second-order valence-corrected chi connectivity index (χ2v) is 7.49. The largest absolute Gasteiger partial charge is 0.461 e. The zero-order valence-corrected chi connectivity index (χ0v) is 17.4. The van der Waals surface area contributed by atoms with Crippen molar-refractivity contribution in [2.45, 2.75) is 51.6 Å². The Kier molecular flexibility index (Phi) is 9.68. The van der Waals surface area contributed by atoms with Crippen molar-refractivity contribution in [3.05, 3.63) is 12.7 Å². The SMILES string of the molecule is C=CCOC(=O)C[C@@H](C(=O)N1CCCCC1)N(C)C(=O)C(C(C)C)N(C)C=O. The molecule has 0 bridgehead atoms. The normalized spacial score (nSPS) is 16.1. The highest BCUT2D eigenvalue weighted by atomic mass is 16.5. The van der Waals surface area contributed by atoms with E-state index in [0.29, 0.717) is 19.5 Å². The van der Waals surface area contributed by atoms with Gasteiger partial charge in [-0.2, -0.15) is 0 Å². The first-order valence-corrected chi connectivity index (χ1v) is 9.73. The number of likely N-dealkylation sites (tertiary alicyclic amines) is 1. The third-order valence-electron chi connectivity index (χ3n) is 4.98. The maximum absolute atomic E-state index is 13.1. The summed E-state index contributed by atoms with van der Waals surface area (Å²) in [7, 11) is 3.03. The van der Waals surface area contributed by atoms with Crippen LogP contribution in [0, 0.1) is 5.92 Å². The number of nitrogens with zero attached hydrogens (tertiary/aromatic N) is 3. The molecular formula is C20H33N3O5. The van der Waals surface area contributed by atoms with E-state index in [9.17, 15) is 19.2 Å². The van der Waals surface area contributed by atoms with Gasteiger partial charge in [0.2, 0.25) is 18.2 Å². The van der Waals surface area contributed by atoms with Crippen LogP contribution >= 0.6 is 0 Å². The maximum atomic E-state index is 13.1. The molecule has 1 aliphatic rings. The van der Waals surface area contributed by atoms with Gasteiger partial charge in [0.15, 0.2) is 0 Å². The summed E-state index contributed by atoms with van der Waals surface area (Å²) in [6.07, 6.45) is 4.67. The van der Waals surface area contributed by atoms with E-state index in [0.717, 1.165) is 19.3 Å². The molecule has 8 heteroatoms. The van der Waals surface area contributed by atoms with Gasteiger partial charge in [0.25, 0.3) is 0 Å². The lowest BCUT2D eigenvalue weighted by Crippen LogP contribution is -2.56. The Morgan fingerprint density at radius 2 is 1.75 bits per heavy atom. The van der Waals surface area contributed by atoms with Crippen LogP contribution in [0.4, 0.5) is 0 Å². The van der Waals surface area contributed by atoms with Crippen LogP contribution in [-0.4, -0.2) is 84.8 Å². The first-order valence-electron chi connectivity index (χ1n) is 9.73. The van der Waals surface area contributed by atoms with Gasteiger partial charge in [-0.1, -0.05) is 26.5 Å². The first-order chi connectivity index (χ1) is 13.2. The van der Waals surface area contributed by atoms with Crippen molar-refractivity contribution >= 4 is 24.2 Å². The molecule has 0 N–H and O–H groups in total. The Bertz CT molecular complexity index is 572. The third kappa shape index (κ3) is 6.35. The Balaban J connectivity index is 3.07. The van der Waals surface area contributed by atoms with E-state index in [1.165, 1.54) is 30.0 Å². The molecule has 28 heavy (non-hydrogen) atoms. The summed E-state index contributed by atoms with van der Waals surface area (Å²) in [5.74, 6) is -1.36. The summed E-state index contributed by atoms with van der Waals surface area (Å²) < 4.78 is 5.03. The topological polar surface area (TPSA) is 87.2 Å². The minimum Gasteiger partial charge on any atom is -0.461 e. The number of ether oxygens (including phenoxy) is 1. The van der Waals surface area contributed by atoms with Crippen molar-refractivity contribution < 1.29 is 23.9 Å². The van der Waals surface area contributed by atoms with Crippen LogP contribution in [0.25, 0.3) is 0 Å². The average Bonchev–Trinajstić information content (AvgIpc) is 2.69. The van der Waals surface area contributed by atoms with E-state index >= 15 is 0 Å².